The smallest absolute Gasteiger partial charge is 0.0690 e. The highest BCUT2D eigenvalue weighted by molar-refractivity contribution is 14.1. The molecule has 5 heteroatoms. The maximum Gasteiger partial charge on any atom is 0.0690 e. The van der Waals surface area contributed by atoms with E-state index in [1.165, 1.54) is 5.56 Å². The lowest BCUT2D eigenvalue weighted by Gasteiger charge is -1.95. The van der Waals surface area contributed by atoms with Crippen LogP contribution in [0.2, 0.25) is 0 Å². The first-order chi connectivity index (χ1) is 6.24. The Hall–Kier alpha value is -0.850. The Morgan fingerprint density at radius 2 is 2.15 bits per heavy atom. The minimum absolute atomic E-state index is 0.789. The van der Waals surface area contributed by atoms with Crippen LogP contribution in [0.4, 0.5) is 0 Å². The van der Waals surface area contributed by atoms with E-state index in [1.807, 2.05) is 36.5 Å². The molecule has 0 saturated carbocycles. The van der Waals surface area contributed by atoms with Crippen LogP contribution in [0.3, 0.4) is 0 Å². The molecule has 2 rings (SSSR count). The van der Waals surface area contributed by atoms with Crippen LogP contribution in [0.1, 0.15) is 5.56 Å². The number of nitrogens with zero attached hydrogens (tertiary/aromatic N) is 4. The van der Waals surface area contributed by atoms with Gasteiger partial charge in [-0.2, -0.15) is 10.2 Å². The molecule has 0 spiro atoms. The first-order valence-electron chi connectivity index (χ1n) is 3.89. The molecule has 0 unspecified atom stereocenters. The zero-order valence-electron chi connectivity index (χ0n) is 7.18. The number of aromatic nitrogens is 4. The standard InChI is InChI=1S/C8H9IN4/c1-12-4-7(2-10-12)5-13-6-8(9)3-11-13/h2-4,6H,5H2,1H3. The Bertz CT molecular complexity index is 365. The van der Waals surface area contributed by atoms with Gasteiger partial charge in [0, 0.05) is 25.0 Å². The zero-order valence-corrected chi connectivity index (χ0v) is 9.34. The van der Waals surface area contributed by atoms with Crippen LogP contribution < -0.4 is 0 Å². The molecule has 0 aromatic carbocycles. The third-order valence-corrected chi connectivity index (χ3v) is 2.26. The minimum Gasteiger partial charge on any atom is -0.275 e. The van der Waals surface area contributed by atoms with Crippen molar-refractivity contribution in [2.45, 2.75) is 6.54 Å². The maximum absolute atomic E-state index is 4.19. The zero-order chi connectivity index (χ0) is 9.26. The minimum atomic E-state index is 0.789. The summed E-state index contributed by atoms with van der Waals surface area (Å²) < 4.78 is 4.85. The molecule has 0 aliphatic rings. The molecule has 0 fully saturated rings. The average molecular weight is 288 g/mol. The number of hydrogen-bond donors (Lipinski definition) is 0. The topological polar surface area (TPSA) is 35.6 Å². The summed E-state index contributed by atoms with van der Waals surface area (Å²) in [4.78, 5) is 0. The van der Waals surface area contributed by atoms with E-state index in [0.29, 0.717) is 0 Å². The molecule has 0 bridgehead atoms. The number of halogens is 1. The van der Waals surface area contributed by atoms with Crippen molar-refractivity contribution < 1.29 is 0 Å². The summed E-state index contributed by atoms with van der Waals surface area (Å²) in [7, 11) is 1.91. The largest absolute Gasteiger partial charge is 0.275 e. The van der Waals surface area contributed by atoms with Gasteiger partial charge in [-0.05, 0) is 22.6 Å². The molecule has 2 heterocycles. The third-order valence-electron chi connectivity index (χ3n) is 1.70. The molecule has 0 atom stereocenters. The highest BCUT2D eigenvalue weighted by Crippen LogP contribution is 2.04. The first kappa shape index (κ1) is 8.74. The van der Waals surface area contributed by atoms with Crippen molar-refractivity contribution >= 4 is 22.6 Å². The van der Waals surface area contributed by atoms with Gasteiger partial charge in [-0.1, -0.05) is 0 Å². The summed E-state index contributed by atoms with van der Waals surface area (Å²) in [5, 5.41) is 8.29. The van der Waals surface area contributed by atoms with Crippen molar-refractivity contribution in [3.05, 3.63) is 33.9 Å². The summed E-state index contributed by atoms with van der Waals surface area (Å²) in [5.74, 6) is 0. The summed E-state index contributed by atoms with van der Waals surface area (Å²) in [6.07, 6.45) is 7.70. The van der Waals surface area contributed by atoms with Crippen molar-refractivity contribution in [1.82, 2.24) is 19.6 Å². The van der Waals surface area contributed by atoms with Crippen molar-refractivity contribution in [1.29, 1.82) is 0 Å². The van der Waals surface area contributed by atoms with Crippen LogP contribution in [0.5, 0.6) is 0 Å². The summed E-state index contributed by atoms with van der Waals surface area (Å²) >= 11 is 2.24. The lowest BCUT2D eigenvalue weighted by atomic mass is 10.4. The van der Waals surface area contributed by atoms with E-state index in [0.717, 1.165) is 10.1 Å². The molecular formula is C8H9IN4. The average Bonchev–Trinajstić information content (AvgIpc) is 2.62. The van der Waals surface area contributed by atoms with Crippen LogP contribution >= 0.6 is 22.6 Å². The molecule has 68 valence electrons. The van der Waals surface area contributed by atoms with E-state index in [1.54, 1.807) is 4.68 Å². The fraction of sp³-hybridized carbons (Fsp3) is 0.250. The fourth-order valence-electron chi connectivity index (χ4n) is 1.17. The van der Waals surface area contributed by atoms with E-state index in [2.05, 4.69) is 32.8 Å². The molecule has 2 aromatic heterocycles. The Morgan fingerprint density at radius 3 is 2.69 bits per heavy atom. The first-order valence-corrected chi connectivity index (χ1v) is 4.97. The maximum atomic E-state index is 4.19. The van der Waals surface area contributed by atoms with E-state index in [9.17, 15) is 0 Å². The van der Waals surface area contributed by atoms with Crippen molar-refractivity contribution in [2.75, 3.05) is 0 Å². The second-order valence-electron chi connectivity index (χ2n) is 2.88. The lowest BCUT2D eigenvalue weighted by Crippen LogP contribution is -1.98. The van der Waals surface area contributed by atoms with Crippen LogP contribution in [0, 0.1) is 3.57 Å². The molecule has 13 heavy (non-hydrogen) atoms. The van der Waals surface area contributed by atoms with Crippen molar-refractivity contribution in [3.8, 4) is 0 Å². The predicted molar refractivity (Wildman–Crippen MR) is 57.3 cm³/mol. The Kier molecular flexibility index (Phi) is 2.34. The van der Waals surface area contributed by atoms with Crippen LogP contribution in [-0.4, -0.2) is 19.6 Å². The molecule has 0 aliphatic carbocycles. The SMILES string of the molecule is Cn1cc(Cn2cc(I)cn2)cn1. The van der Waals surface area contributed by atoms with Crippen molar-refractivity contribution in [3.63, 3.8) is 0 Å². The van der Waals surface area contributed by atoms with Gasteiger partial charge in [-0.25, -0.2) is 0 Å². The van der Waals surface area contributed by atoms with Crippen LogP contribution in [-0.2, 0) is 13.6 Å². The molecule has 0 N–H and O–H groups in total. The van der Waals surface area contributed by atoms with Gasteiger partial charge >= 0.3 is 0 Å². The molecular weight excluding hydrogens is 279 g/mol. The van der Waals surface area contributed by atoms with Crippen molar-refractivity contribution in [2.24, 2.45) is 7.05 Å². The number of aryl methyl sites for hydroxylation is 1. The molecule has 0 aliphatic heterocycles. The highest BCUT2D eigenvalue weighted by atomic mass is 127. The Morgan fingerprint density at radius 1 is 1.31 bits per heavy atom. The summed E-state index contributed by atoms with van der Waals surface area (Å²) in [6.45, 7) is 0.789. The highest BCUT2D eigenvalue weighted by Gasteiger charge is 1.98. The second-order valence-corrected chi connectivity index (χ2v) is 4.12. The van der Waals surface area contributed by atoms with Gasteiger partial charge in [0.2, 0.25) is 0 Å². The Labute approximate surface area is 89.7 Å². The molecule has 4 nitrogen and oxygen atoms in total. The summed E-state index contributed by atoms with van der Waals surface area (Å²) in [5.41, 5.74) is 1.17. The van der Waals surface area contributed by atoms with E-state index >= 15 is 0 Å². The van der Waals surface area contributed by atoms with Gasteiger partial charge < -0.3 is 0 Å². The Balaban J connectivity index is 2.14. The molecule has 0 amide bonds. The van der Waals surface area contributed by atoms with Gasteiger partial charge in [-0.3, -0.25) is 9.36 Å². The number of rotatable bonds is 2. The van der Waals surface area contributed by atoms with E-state index in [4.69, 9.17) is 0 Å². The van der Waals surface area contributed by atoms with Crippen LogP contribution in [0.15, 0.2) is 24.8 Å². The van der Waals surface area contributed by atoms with Gasteiger partial charge in [0.1, 0.15) is 0 Å². The molecule has 0 saturated heterocycles. The molecule has 2 aromatic rings. The normalized spacial score (nSPS) is 10.6. The fourth-order valence-corrected chi connectivity index (χ4v) is 1.61. The van der Waals surface area contributed by atoms with Gasteiger partial charge in [-0.15, -0.1) is 0 Å². The molecule has 0 radical (unpaired) electrons. The van der Waals surface area contributed by atoms with E-state index < -0.39 is 0 Å². The summed E-state index contributed by atoms with van der Waals surface area (Å²) in [6, 6.07) is 0. The second kappa shape index (κ2) is 3.49. The van der Waals surface area contributed by atoms with Gasteiger partial charge in [0.05, 0.1) is 22.5 Å². The monoisotopic (exact) mass is 288 g/mol. The quantitative estimate of drug-likeness (QED) is 0.780. The van der Waals surface area contributed by atoms with Gasteiger partial charge in [0.25, 0.3) is 0 Å². The third kappa shape index (κ3) is 2.09. The van der Waals surface area contributed by atoms with Crippen LogP contribution in [0.25, 0.3) is 0 Å². The van der Waals surface area contributed by atoms with Gasteiger partial charge in [0.15, 0.2) is 0 Å². The van der Waals surface area contributed by atoms with E-state index in [-0.39, 0.29) is 0 Å². The lowest BCUT2D eigenvalue weighted by molar-refractivity contribution is 0.685. The predicted octanol–water partition coefficient (Wildman–Crippen LogP) is 1.27. The number of hydrogen-bond acceptors (Lipinski definition) is 2.